The van der Waals surface area contributed by atoms with Crippen LogP contribution in [0.5, 0.6) is 5.75 Å². The smallest absolute Gasteiger partial charge is 0.165 e. The van der Waals surface area contributed by atoms with Gasteiger partial charge in [-0.1, -0.05) is 18.2 Å². The second-order valence-electron chi connectivity index (χ2n) is 6.16. The maximum Gasteiger partial charge on any atom is 0.165 e. The molecule has 136 valence electrons. The fourth-order valence-corrected chi connectivity index (χ4v) is 3.01. The Morgan fingerprint density at radius 2 is 1.81 bits per heavy atom. The Balaban J connectivity index is 1.64. The first-order valence-corrected chi connectivity index (χ1v) is 8.91. The molecule has 0 unspecified atom stereocenters. The lowest BCUT2D eigenvalue weighted by molar-refractivity contribution is -0.0192. The van der Waals surface area contributed by atoms with Crippen molar-refractivity contribution in [3.8, 4) is 16.9 Å². The van der Waals surface area contributed by atoms with Crippen LogP contribution < -0.4 is 4.74 Å². The van der Waals surface area contributed by atoms with Crippen molar-refractivity contribution in [3.63, 3.8) is 0 Å². The molecule has 0 N–H and O–H groups in total. The van der Waals surface area contributed by atoms with Gasteiger partial charge in [-0.3, -0.25) is 0 Å². The standard InChI is InChI=1S/C20H19F2NO2S/c1-2-24-20-6-5-14(8-19(20)22)13-3-4-15(18(21)7-13)11-25-17-9-16(10-17)23-12-26/h3-8,16-17H,2,9-11H2,1H3/t16-,17+. The van der Waals surface area contributed by atoms with E-state index in [1.807, 2.05) is 0 Å². The van der Waals surface area contributed by atoms with Crippen LogP contribution in [0.3, 0.4) is 0 Å². The van der Waals surface area contributed by atoms with E-state index in [-0.39, 0.29) is 30.3 Å². The number of hydrogen-bond acceptors (Lipinski definition) is 4. The fourth-order valence-electron chi connectivity index (χ4n) is 2.86. The molecule has 0 aliphatic heterocycles. The highest BCUT2D eigenvalue weighted by atomic mass is 32.1. The topological polar surface area (TPSA) is 30.8 Å². The van der Waals surface area contributed by atoms with Crippen molar-refractivity contribution < 1.29 is 18.3 Å². The first-order chi connectivity index (χ1) is 12.6. The Bertz CT molecular complexity index is 831. The SMILES string of the molecule is CCOc1ccc(-c2ccc(CO[C@H]3C[C@@H](N=C=S)C3)c(F)c2)cc1F. The number of halogens is 2. The molecular weight excluding hydrogens is 356 g/mol. The number of ether oxygens (including phenoxy) is 2. The molecule has 0 spiro atoms. The van der Waals surface area contributed by atoms with Gasteiger partial charge in [0.05, 0.1) is 30.5 Å². The van der Waals surface area contributed by atoms with Gasteiger partial charge >= 0.3 is 0 Å². The zero-order valence-corrected chi connectivity index (χ0v) is 15.2. The van der Waals surface area contributed by atoms with Crippen LogP contribution in [0.2, 0.25) is 0 Å². The van der Waals surface area contributed by atoms with Crippen molar-refractivity contribution in [2.45, 2.75) is 38.5 Å². The monoisotopic (exact) mass is 375 g/mol. The summed E-state index contributed by atoms with van der Waals surface area (Å²) >= 11 is 4.57. The van der Waals surface area contributed by atoms with Gasteiger partial charge in [-0.2, -0.15) is 0 Å². The normalized spacial score (nSPS) is 18.7. The molecule has 0 atom stereocenters. The maximum atomic E-state index is 14.4. The third kappa shape index (κ3) is 4.33. The minimum absolute atomic E-state index is 0.0754. The number of aliphatic imine (C=N–C) groups is 1. The van der Waals surface area contributed by atoms with Crippen LogP contribution in [0.25, 0.3) is 11.1 Å². The minimum Gasteiger partial charge on any atom is -0.491 e. The van der Waals surface area contributed by atoms with Crippen LogP contribution in [-0.4, -0.2) is 23.9 Å². The van der Waals surface area contributed by atoms with Gasteiger partial charge in [-0.25, -0.2) is 13.8 Å². The first-order valence-electron chi connectivity index (χ1n) is 8.50. The lowest BCUT2D eigenvalue weighted by Gasteiger charge is -2.31. The van der Waals surface area contributed by atoms with E-state index in [4.69, 9.17) is 9.47 Å². The zero-order chi connectivity index (χ0) is 18.5. The van der Waals surface area contributed by atoms with Crippen molar-refractivity contribution in [3.05, 3.63) is 53.6 Å². The van der Waals surface area contributed by atoms with Gasteiger partial charge in [0.2, 0.25) is 0 Å². The van der Waals surface area contributed by atoms with Gasteiger partial charge in [-0.05, 0) is 61.3 Å². The van der Waals surface area contributed by atoms with Gasteiger partial charge in [0.15, 0.2) is 11.6 Å². The average Bonchev–Trinajstić information content (AvgIpc) is 2.59. The molecule has 0 bridgehead atoms. The second kappa shape index (κ2) is 8.49. The lowest BCUT2D eigenvalue weighted by atomic mass is 9.90. The molecule has 0 aromatic heterocycles. The van der Waals surface area contributed by atoms with Crippen LogP contribution in [0.4, 0.5) is 8.78 Å². The first kappa shape index (κ1) is 18.6. The molecule has 0 heterocycles. The molecule has 2 aromatic carbocycles. The molecule has 2 aromatic rings. The number of isothiocyanates is 1. The molecule has 0 amide bonds. The zero-order valence-electron chi connectivity index (χ0n) is 14.4. The lowest BCUT2D eigenvalue weighted by Crippen LogP contribution is -2.34. The van der Waals surface area contributed by atoms with E-state index >= 15 is 0 Å². The predicted octanol–water partition coefficient (Wildman–Crippen LogP) is 5.18. The average molecular weight is 375 g/mol. The van der Waals surface area contributed by atoms with E-state index in [1.54, 1.807) is 31.2 Å². The Morgan fingerprint density at radius 3 is 2.42 bits per heavy atom. The second-order valence-corrected chi connectivity index (χ2v) is 6.35. The van der Waals surface area contributed by atoms with Crippen molar-refractivity contribution in [2.75, 3.05) is 6.61 Å². The highest BCUT2D eigenvalue weighted by molar-refractivity contribution is 7.78. The Morgan fingerprint density at radius 1 is 1.12 bits per heavy atom. The Hall–Kier alpha value is -2.14. The van der Waals surface area contributed by atoms with Crippen LogP contribution in [0.15, 0.2) is 41.4 Å². The van der Waals surface area contributed by atoms with Crippen LogP contribution >= 0.6 is 12.2 Å². The maximum absolute atomic E-state index is 14.4. The van der Waals surface area contributed by atoms with E-state index in [0.717, 1.165) is 12.8 Å². The van der Waals surface area contributed by atoms with Crippen molar-refractivity contribution in [1.29, 1.82) is 0 Å². The Labute approximate surface area is 156 Å². The summed E-state index contributed by atoms with van der Waals surface area (Å²) in [5.74, 6) is -0.640. The quantitative estimate of drug-likeness (QED) is 0.493. The summed E-state index contributed by atoms with van der Waals surface area (Å²) in [6.45, 7) is 2.37. The van der Waals surface area contributed by atoms with Gasteiger partial charge in [0.25, 0.3) is 0 Å². The largest absolute Gasteiger partial charge is 0.491 e. The molecule has 26 heavy (non-hydrogen) atoms. The van der Waals surface area contributed by atoms with E-state index < -0.39 is 5.82 Å². The van der Waals surface area contributed by atoms with Crippen molar-refractivity contribution >= 4 is 17.4 Å². The molecule has 3 nitrogen and oxygen atoms in total. The molecule has 1 aliphatic carbocycles. The van der Waals surface area contributed by atoms with Crippen LogP contribution in [-0.2, 0) is 11.3 Å². The summed E-state index contributed by atoms with van der Waals surface area (Å²) in [5.41, 5.74) is 1.67. The third-order valence-electron chi connectivity index (χ3n) is 4.40. The van der Waals surface area contributed by atoms with Gasteiger partial charge < -0.3 is 9.47 Å². The number of thiocarbonyl (C=S) groups is 1. The molecule has 1 aliphatic rings. The van der Waals surface area contributed by atoms with E-state index in [0.29, 0.717) is 23.3 Å². The molecule has 3 rings (SSSR count). The van der Waals surface area contributed by atoms with Gasteiger partial charge in [0, 0.05) is 5.56 Å². The van der Waals surface area contributed by atoms with Crippen molar-refractivity contribution in [1.82, 2.24) is 0 Å². The summed E-state index contributed by atoms with van der Waals surface area (Å²) < 4.78 is 39.2. The number of hydrogen-bond donors (Lipinski definition) is 0. The number of rotatable bonds is 7. The molecule has 0 saturated heterocycles. The van der Waals surface area contributed by atoms with Crippen LogP contribution in [0, 0.1) is 11.6 Å². The minimum atomic E-state index is -0.462. The summed E-state index contributed by atoms with van der Waals surface area (Å²) in [4.78, 5) is 3.99. The van der Waals surface area contributed by atoms with Crippen molar-refractivity contribution in [2.24, 2.45) is 4.99 Å². The summed E-state index contributed by atoms with van der Waals surface area (Å²) in [6, 6.07) is 9.62. The van der Waals surface area contributed by atoms with Gasteiger partial charge in [-0.15, -0.1) is 0 Å². The highest BCUT2D eigenvalue weighted by Crippen LogP contribution is 2.29. The highest BCUT2D eigenvalue weighted by Gasteiger charge is 2.29. The van der Waals surface area contributed by atoms with E-state index in [9.17, 15) is 8.78 Å². The predicted molar refractivity (Wildman–Crippen MR) is 99.6 cm³/mol. The number of benzene rings is 2. The van der Waals surface area contributed by atoms with E-state index in [2.05, 4.69) is 22.4 Å². The number of nitrogens with zero attached hydrogens (tertiary/aromatic N) is 1. The molecule has 1 saturated carbocycles. The fraction of sp³-hybridized carbons (Fsp3) is 0.350. The molecule has 6 heteroatoms. The summed E-state index contributed by atoms with van der Waals surface area (Å²) in [6.07, 6.45) is 1.65. The summed E-state index contributed by atoms with van der Waals surface area (Å²) in [5, 5.41) is 2.37. The summed E-state index contributed by atoms with van der Waals surface area (Å²) in [7, 11) is 0. The van der Waals surface area contributed by atoms with Gasteiger partial charge in [0.1, 0.15) is 5.82 Å². The third-order valence-corrected chi connectivity index (χ3v) is 4.50. The van der Waals surface area contributed by atoms with E-state index in [1.165, 1.54) is 12.1 Å². The van der Waals surface area contributed by atoms with Crippen LogP contribution in [0.1, 0.15) is 25.3 Å². The molecule has 1 fully saturated rings. The molecule has 0 radical (unpaired) electrons. The molecular formula is C20H19F2NO2S. The Kier molecular flexibility index (Phi) is 6.09.